The number of nitrogens with one attached hydrogen (secondary N) is 2. The van der Waals surface area contributed by atoms with Crippen molar-refractivity contribution in [2.75, 3.05) is 11.9 Å². The number of carbonyl (C=O) groups excluding carboxylic acids is 1. The molecule has 19 heavy (non-hydrogen) atoms. The number of anilines is 1. The molecule has 0 aliphatic heterocycles. The van der Waals surface area contributed by atoms with E-state index in [9.17, 15) is 4.79 Å². The average Bonchev–Trinajstić information content (AvgIpc) is 2.40. The van der Waals surface area contributed by atoms with Crippen LogP contribution in [-0.4, -0.2) is 18.5 Å². The molecule has 4 heteroatoms. The Morgan fingerprint density at radius 3 is 2.79 bits per heavy atom. The summed E-state index contributed by atoms with van der Waals surface area (Å²) in [5.74, 6) is 0.0631. The second-order valence-electron chi connectivity index (χ2n) is 4.70. The van der Waals surface area contributed by atoms with Crippen LogP contribution in [0.15, 0.2) is 18.2 Å². The Bertz CT molecular complexity index is 477. The number of nitriles is 1. The molecule has 102 valence electrons. The van der Waals surface area contributed by atoms with Crippen LogP contribution in [0.2, 0.25) is 0 Å². The molecule has 0 aliphatic carbocycles. The third-order valence-electron chi connectivity index (χ3n) is 3.04. The minimum atomic E-state index is 0.0631. The number of nitrogens with zero attached hydrogens (tertiary/aromatic N) is 1. The molecule has 2 N–H and O–H groups in total. The van der Waals surface area contributed by atoms with E-state index in [-0.39, 0.29) is 11.9 Å². The summed E-state index contributed by atoms with van der Waals surface area (Å²) in [7, 11) is 0. The van der Waals surface area contributed by atoms with Gasteiger partial charge in [-0.15, -0.1) is 0 Å². The highest BCUT2D eigenvalue weighted by molar-refractivity contribution is 5.76. The van der Waals surface area contributed by atoms with E-state index in [0.29, 0.717) is 18.5 Å². The number of hydrogen-bond donors (Lipinski definition) is 2. The van der Waals surface area contributed by atoms with Gasteiger partial charge >= 0.3 is 0 Å². The van der Waals surface area contributed by atoms with Crippen LogP contribution in [-0.2, 0) is 4.79 Å². The Kier molecular flexibility index (Phi) is 5.87. The summed E-state index contributed by atoms with van der Waals surface area (Å²) in [6, 6.07) is 7.81. The second-order valence-corrected chi connectivity index (χ2v) is 4.70. The predicted molar refractivity (Wildman–Crippen MR) is 76.9 cm³/mol. The fourth-order valence-corrected chi connectivity index (χ4v) is 1.69. The molecule has 0 saturated carbocycles. The maximum atomic E-state index is 11.6. The van der Waals surface area contributed by atoms with Crippen molar-refractivity contribution in [1.29, 1.82) is 5.26 Å². The molecule has 0 saturated heterocycles. The van der Waals surface area contributed by atoms with Gasteiger partial charge in [-0.05, 0) is 44.0 Å². The first kappa shape index (κ1) is 15.0. The second kappa shape index (κ2) is 7.42. The number of hydrogen-bond acceptors (Lipinski definition) is 3. The first-order chi connectivity index (χ1) is 9.06. The number of rotatable bonds is 6. The smallest absolute Gasteiger partial charge is 0.221 e. The quantitative estimate of drug-likeness (QED) is 0.825. The molecule has 0 bridgehead atoms. The summed E-state index contributed by atoms with van der Waals surface area (Å²) >= 11 is 0. The summed E-state index contributed by atoms with van der Waals surface area (Å²) in [5.41, 5.74) is 2.63. The lowest BCUT2D eigenvalue weighted by molar-refractivity contribution is -0.121. The van der Waals surface area contributed by atoms with Crippen LogP contribution >= 0.6 is 0 Å². The lowest BCUT2D eigenvalue weighted by atomic mass is 10.1. The van der Waals surface area contributed by atoms with Crippen molar-refractivity contribution in [3.05, 3.63) is 29.3 Å². The molecule has 1 aromatic carbocycles. The van der Waals surface area contributed by atoms with E-state index in [1.807, 2.05) is 32.9 Å². The van der Waals surface area contributed by atoms with Gasteiger partial charge < -0.3 is 10.6 Å². The zero-order valence-electron chi connectivity index (χ0n) is 11.8. The highest BCUT2D eigenvalue weighted by Crippen LogP contribution is 2.15. The predicted octanol–water partition coefficient (Wildman–Crippen LogP) is 2.58. The van der Waals surface area contributed by atoms with Crippen LogP contribution < -0.4 is 10.6 Å². The molecule has 0 fully saturated rings. The Morgan fingerprint density at radius 2 is 2.21 bits per heavy atom. The molecule has 0 radical (unpaired) electrons. The van der Waals surface area contributed by atoms with E-state index in [2.05, 4.69) is 16.7 Å². The van der Waals surface area contributed by atoms with Gasteiger partial charge in [-0.1, -0.05) is 6.92 Å². The van der Waals surface area contributed by atoms with Crippen molar-refractivity contribution in [3.63, 3.8) is 0 Å². The summed E-state index contributed by atoms with van der Waals surface area (Å²) in [4.78, 5) is 11.6. The molecule has 0 spiro atoms. The summed E-state index contributed by atoms with van der Waals surface area (Å²) in [6.07, 6.45) is 1.39. The van der Waals surface area contributed by atoms with Crippen molar-refractivity contribution in [2.45, 2.75) is 39.7 Å². The van der Waals surface area contributed by atoms with E-state index in [1.54, 1.807) is 6.07 Å². The molecule has 1 rings (SSSR count). The van der Waals surface area contributed by atoms with Gasteiger partial charge in [0.15, 0.2) is 0 Å². The minimum Gasteiger partial charge on any atom is -0.384 e. The van der Waals surface area contributed by atoms with Gasteiger partial charge in [-0.2, -0.15) is 5.26 Å². The monoisotopic (exact) mass is 259 g/mol. The summed E-state index contributed by atoms with van der Waals surface area (Å²) in [5, 5.41) is 14.9. The molecule has 1 unspecified atom stereocenters. The molecule has 1 aromatic rings. The van der Waals surface area contributed by atoms with Gasteiger partial charge in [0.2, 0.25) is 5.91 Å². The molecule has 0 aromatic heterocycles. The molecule has 0 heterocycles. The van der Waals surface area contributed by atoms with Crippen molar-refractivity contribution in [3.8, 4) is 6.07 Å². The van der Waals surface area contributed by atoms with Gasteiger partial charge in [-0.25, -0.2) is 0 Å². The summed E-state index contributed by atoms with van der Waals surface area (Å²) < 4.78 is 0. The van der Waals surface area contributed by atoms with Gasteiger partial charge in [0, 0.05) is 24.7 Å². The van der Waals surface area contributed by atoms with Crippen LogP contribution in [0, 0.1) is 18.3 Å². The van der Waals surface area contributed by atoms with E-state index in [4.69, 9.17) is 5.26 Å². The zero-order valence-corrected chi connectivity index (χ0v) is 11.8. The van der Waals surface area contributed by atoms with Crippen molar-refractivity contribution < 1.29 is 4.79 Å². The fraction of sp³-hybridized carbons (Fsp3) is 0.467. The standard InChI is InChI=1S/C15H21N3O/c1-4-12(3)18-15(19)7-8-17-14-6-5-13(10-16)9-11(14)2/h5-6,9,12,17H,4,7-8H2,1-3H3,(H,18,19). The maximum absolute atomic E-state index is 11.6. The van der Waals surface area contributed by atoms with Crippen LogP contribution in [0.1, 0.15) is 37.8 Å². The number of amides is 1. The molecule has 1 atom stereocenters. The lowest BCUT2D eigenvalue weighted by Crippen LogP contribution is -2.32. The first-order valence-electron chi connectivity index (χ1n) is 6.60. The molecule has 1 amide bonds. The largest absolute Gasteiger partial charge is 0.384 e. The molecule has 4 nitrogen and oxygen atoms in total. The van der Waals surface area contributed by atoms with Gasteiger partial charge in [0.25, 0.3) is 0 Å². The summed E-state index contributed by atoms with van der Waals surface area (Å²) in [6.45, 7) is 6.58. The minimum absolute atomic E-state index is 0.0631. The average molecular weight is 259 g/mol. The lowest BCUT2D eigenvalue weighted by Gasteiger charge is -2.13. The first-order valence-corrected chi connectivity index (χ1v) is 6.60. The zero-order chi connectivity index (χ0) is 14.3. The maximum Gasteiger partial charge on any atom is 0.221 e. The fourth-order valence-electron chi connectivity index (χ4n) is 1.69. The number of benzene rings is 1. The molecular formula is C15H21N3O. The van der Waals surface area contributed by atoms with E-state index in [0.717, 1.165) is 17.7 Å². The van der Waals surface area contributed by atoms with Gasteiger partial charge in [-0.3, -0.25) is 4.79 Å². The van der Waals surface area contributed by atoms with Crippen LogP contribution in [0.3, 0.4) is 0 Å². The van der Waals surface area contributed by atoms with Crippen molar-refractivity contribution in [2.24, 2.45) is 0 Å². The third kappa shape index (κ3) is 5.01. The highest BCUT2D eigenvalue weighted by atomic mass is 16.1. The van der Waals surface area contributed by atoms with Crippen LogP contribution in [0.5, 0.6) is 0 Å². The third-order valence-corrected chi connectivity index (χ3v) is 3.04. The Morgan fingerprint density at radius 1 is 1.47 bits per heavy atom. The van der Waals surface area contributed by atoms with Gasteiger partial charge in [0.1, 0.15) is 0 Å². The SMILES string of the molecule is CCC(C)NC(=O)CCNc1ccc(C#N)cc1C. The van der Waals surface area contributed by atoms with Crippen LogP contribution in [0.25, 0.3) is 0 Å². The van der Waals surface area contributed by atoms with Crippen molar-refractivity contribution in [1.82, 2.24) is 5.32 Å². The van der Waals surface area contributed by atoms with E-state index < -0.39 is 0 Å². The topological polar surface area (TPSA) is 64.9 Å². The molecule has 0 aliphatic rings. The van der Waals surface area contributed by atoms with E-state index in [1.165, 1.54) is 0 Å². The van der Waals surface area contributed by atoms with E-state index >= 15 is 0 Å². The number of carbonyl (C=O) groups is 1. The van der Waals surface area contributed by atoms with Crippen LogP contribution in [0.4, 0.5) is 5.69 Å². The number of aryl methyl sites for hydroxylation is 1. The Hall–Kier alpha value is -2.02. The van der Waals surface area contributed by atoms with Crippen molar-refractivity contribution >= 4 is 11.6 Å². The normalized spacial score (nSPS) is 11.5. The highest BCUT2D eigenvalue weighted by Gasteiger charge is 2.05. The Balaban J connectivity index is 2.41. The van der Waals surface area contributed by atoms with Gasteiger partial charge in [0.05, 0.1) is 11.6 Å². The molecular weight excluding hydrogens is 238 g/mol. The Labute approximate surface area is 114 Å².